The van der Waals surface area contributed by atoms with E-state index >= 15 is 0 Å². The maximum Gasteiger partial charge on any atom is 0.241 e. The zero-order valence-electron chi connectivity index (χ0n) is 8.78. The molecule has 1 amide bonds. The highest BCUT2D eigenvalue weighted by Gasteiger charge is 2.25. The van der Waals surface area contributed by atoms with Crippen LogP contribution in [0.5, 0.6) is 0 Å². The number of nitrogens with two attached hydrogens (primary N) is 1. The van der Waals surface area contributed by atoms with Crippen LogP contribution < -0.4 is 5.73 Å². The second-order valence-electron chi connectivity index (χ2n) is 4.03. The zero-order chi connectivity index (χ0) is 10.6. The Morgan fingerprint density at radius 3 is 2.57 bits per heavy atom. The van der Waals surface area contributed by atoms with E-state index in [4.69, 9.17) is 10.8 Å². The molecule has 3 N–H and O–H groups in total. The van der Waals surface area contributed by atoms with E-state index < -0.39 is 6.04 Å². The Hall–Kier alpha value is -0.610. The van der Waals surface area contributed by atoms with E-state index in [1.807, 2.05) is 0 Å². The number of amides is 1. The molecular weight excluding hydrogens is 180 g/mol. The van der Waals surface area contributed by atoms with E-state index in [0.29, 0.717) is 6.04 Å². The average Bonchev–Trinajstić information content (AvgIpc) is 2.27. The lowest BCUT2D eigenvalue weighted by Gasteiger charge is -2.32. The molecule has 0 spiro atoms. The first kappa shape index (κ1) is 11.5. The third-order valence-corrected chi connectivity index (χ3v) is 2.98. The van der Waals surface area contributed by atoms with Gasteiger partial charge in [0.05, 0.1) is 6.61 Å². The summed E-state index contributed by atoms with van der Waals surface area (Å²) in [4.78, 5) is 13.3. The fourth-order valence-corrected chi connectivity index (χ4v) is 1.99. The summed E-state index contributed by atoms with van der Waals surface area (Å²) in [5.41, 5.74) is 5.48. The monoisotopic (exact) mass is 200 g/mol. The van der Waals surface area contributed by atoms with E-state index in [1.165, 1.54) is 19.3 Å². The Labute approximate surface area is 85.1 Å². The fraction of sp³-hybridized carbons (Fsp3) is 0.900. The normalized spacial score (nSPS) is 20.5. The molecule has 1 aliphatic carbocycles. The highest BCUT2D eigenvalue weighted by molar-refractivity contribution is 5.81. The molecule has 1 aliphatic rings. The molecule has 0 bridgehead atoms. The highest BCUT2D eigenvalue weighted by Crippen LogP contribution is 2.21. The van der Waals surface area contributed by atoms with Crippen LogP contribution in [-0.2, 0) is 4.79 Å². The van der Waals surface area contributed by atoms with Gasteiger partial charge in [0.1, 0.15) is 6.04 Å². The van der Waals surface area contributed by atoms with Gasteiger partial charge in [-0.2, -0.15) is 0 Å². The molecule has 4 heteroatoms. The second kappa shape index (κ2) is 5.32. The van der Waals surface area contributed by atoms with E-state index in [1.54, 1.807) is 11.9 Å². The molecule has 0 aromatic rings. The molecule has 1 saturated carbocycles. The number of likely N-dealkylation sites (N-methyl/N-ethyl adjacent to an activating group) is 1. The largest absolute Gasteiger partial charge is 0.394 e. The number of aliphatic hydroxyl groups excluding tert-OH is 1. The standard InChI is InChI=1S/C10H20N2O2/c1-12(10(14)9(11)7-13)8-5-3-2-4-6-8/h8-9,13H,2-7,11H2,1H3. The smallest absolute Gasteiger partial charge is 0.241 e. The Balaban J connectivity index is 2.45. The minimum absolute atomic E-state index is 0.139. The minimum Gasteiger partial charge on any atom is -0.394 e. The van der Waals surface area contributed by atoms with Crippen LogP contribution in [0.2, 0.25) is 0 Å². The van der Waals surface area contributed by atoms with Crippen LogP contribution in [0.4, 0.5) is 0 Å². The number of aliphatic hydroxyl groups is 1. The first-order valence-corrected chi connectivity index (χ1v) is 5.30. The van der Waals surface area contributed by atoms with Gasteiger partial charge in [0.15, 0.2) is 0 Å². The van der Waals surface area contributed by atoms with Crippen molar-refractivity contribution in [1.82, 2.24) is 4.90 Å². The molecule has 0 radical (unpaired) electrons. The molecule has 1 unspecified atom stereocenters. The van der Waals surface area contributed by atoms with Crippen LogP contribution in [0.1, 0.15) is 32.1 Å². The molecule has 1 fully saturated rings. The van der Waals surface area contributed by atoms with Gasteiger partial charge < -0.3 is 15.7 Å². The number of hydrogen-bond acceptors (Lipinski definition) is 3. The van der Waals surface area contributed by atoms with Gasteiger partial charge in [0, 0.05) is 13.1 Å². The van der Waals surface area contributed by atoms with Crippen molar-refractivity contribution >= 4 is 5.91 Å². The van der Waals surface area contributed by atoms with Crippen molar-refractivity contribution in [3.05, 3.63) is 0 Å². The predicted molar refractivity (Wildman–Crippen MR) is 54.7 cm³/mol. The van der Waals surface area contributed by atoms with Gasteiger partial charge in [-0.3, -0.25) is 4.79 Å². The molecule has 1 atom stereocenters. The summed E-state index contributed by atoms with van der Waals surface area (Å²) in [5.74, 6) is -0.139. The Morgan fingerprint density at radius 1 is 1.50 bits per heavy atom. The highest BCUT2D eigenvalue weighted by atomic mass is 16.3. The lowest BCUT2D eigenvalue weighted by Crippen LogP contribution is -2.48. The summed E-state index contributed by atoms with van der Waals surface area (Å²) >= 11 is 0. The lowest BCUT2D eigenvalue weighted by atomic mass is 9.94. The van der Waals surface area contributed by atoms with Crippen molar-refractivity contribution in [3.63, 3.8) is 0 Å². The predicted octanol–water partition coefficient (Wildman–Crippen LogP) is 0.0971. The van der Waals surface area contributed by atoms with E-state index in [-0.39, 0.29) is 12.5 Å². The Bertz CT molecular complexity index is 191. The molecule has 0 heterocycles. The number of hydrogen-bond donors (Lipinski definition) is 2. The first-order chi connectivity index (χ1) is 6.66. The molecule has 82 valence electrons. The van der Waals surface area contributed by atoms with Crippen LogP contribution in [0, 0.1) is 0 Å². The number of rotatable bonds is 3. The first-order valence-electron chi connectivity index (χ1n) is 5.30. The summed E-state index contributed by atoms with van der Waals surface area (Å²) in [6.45, 7) is -0.268. The maximum atomic E-state index is 11.6. The maximum absolute atomic E-state index is 11.6. The van der Waals surface area contributed by atoms with E-state index in [0.717, 1.165) is 12.8 Å². The topological polar surface area (TPSA) is 66.6 Å². The number of nitrogens with zero attached hydrogens (tertiary/aromatic N) is 1. The molecule has 0 aliphatic heterocycles. The van der Waals surface area contributed by atoms with E-state index in [9.17, 15) is 4.79 Å². The molecule has 4 nitrogen and oxygen atoms in total. The van der Waals surface area contributed by atoms with Gasteiger partial charge in [-0.15, -0.1) is 0 Å². The van der Waals surface area contributed by atoms with Crippen LogP contribution in [0.15, 0.2) is 0 Å². The summed E-state index contributed by atoms with van der Waals surface area (Å²) in [6, 6.07) is -0.421. The van der Waals surface area contributed by atoms with Crippen molar-refractivity contribution in [2.75, 3.05) is 13.7 Å². The van der Waals surface area contributed by atoms with Gasteiger partial charge in [0.2, 0.25) is 5.91 Å². The Morgan fingerprint density at radius 2 is 2.07 bits per heavy atom. The van der Waals surface area contributed by atoms with Crippen LogP contribution in [0.25, 0.3) is 0 Å². The van der Waals surface area contributed by atoms with Crippen LogP contribution in [-0.4, -0.2) is 41.7 Å². The average molecular weight is 200 g/mol. The molecule has 0 aromatic carbocycles. The van der Waals surface area contributed by atoms with Gasteiger partial charge in [0.25, 0.3) is 0 Å². The molecule has 1 rings (SSSR count). The van der Waals surface area contributed by atoms with Crippen molar-refractivity contribution in [1.29, 1.82) is 0 Å². The third-order valence-electron chi connectivity index (χ3n) is 2.98. The quantitative estimate of drug-likeness (QED) is 0.679. The van der Waals surface area contributed by atoms with Crippen molar-refractivity contribution in [2.45, 2.75) is 44.2 Å². The summed E-state index contributed by atoms with van der Waals surface area (Å²) in [6.07, 6.45) is 5.79. The minimum atomic E-state index is -0.748. The fourth-order valence-electron chi connectivity index (χ4n) is 1.99. The summed E-state index contributed by atoms with van der Waals surface area (Å²) in [7, 11) is 1.79. The number of carbonyl (C=O) groups excluding carboxylic acids is 1. The van der Waals surface area contributed by atoms with E-state index in [2.05, 4.69) is 0 Å². The molecule has 14 heavy (non-hydrogen) atoms. The second-order valence-corrected chi connectivity index (χ2v) is 4.03. The van der Waals surface area contributed by atoms with Crippen molar-refractivity contribution < 1.29 is 9.90 Å². The third kappa shape index (κ3) is 2.69. The molecule has 0 aromatic heterocycles. The van der Waals surface area contributed by atoms with Crippen LogP contribution in [0.3, 0.4) is 0 Å². The van der Waals surface area contributed by atoms with Gasteiger partial charge in [-0.05, 0) is 12.8 Å². The number of carbonyl (C=O) groups is 1. The summed E-state index contributed by atoms with van der Waals surface area (Å²) in [5, 5.41) is 8.78. The van der Waals surface area contributed by atoms with Gasteiger partial charge in [-0.25, -0.2) is 0 Å². The SMILES string of the molecule is CN(C(=O)C(N)CO)C1CCCCC1. The lowest BCUT2D eigenvalue weighted by molar-refractivity contribution is -0.134. The Kier molecular flexibility index (Phi) is 4.35. The van der Waals surface area contributed by atoms with Crippen LogP contribution >= 0.6 is 0 Å². The zero-order valence-corrected chi connectivity index (χ0v) is 8.78. The van der Waals surface area contributed by atoms with Gasteiger partial charge in [-0.1, -0.05) is 19.3 Å². The molecule has 0 saturated heterocycles. The van der Waals surface area contributed by atoms with Crippen molar-refractivity contribution in [3.8, 4) is 0 Å². The summed E-state index contributed by atoms with van der Waals surface area (Å²) < 4.78 is 0. The van der Waals surface area contributed by atoms with Gasteiger partial charge >= 0.3 is 0 Å². The van der Waals surface area contributed by atoms with Crippen molar-refractivity contribution in [2.24, 2.45) is 5.73 Å². The molecular formula is C10H20N2O2.